The van der Waals surface area contributed by atoms with Crippen molar-refractivity contribution in [2.75, 3.05) is 0 Å². The van der Waals surface area contributed by atoms with Gasteiger partial charge in [0.15, 0.2) is 0 Å². The zero-order valence-corrected chi connectivity index (χ0v) is 10.3. The summed E-state index contributed by atoms with van der Waals surface area (Å²) < 4.78 is 2.61. The normalized spacial score (nSPS) is 11.5. The molecule has 5 heteroatoms. The summed E-state index contributed by atoms with van der Waals surface area (Å²) in [5.74, 6) is -0.989. The lowest BCUT2D eigenvalue weighted by Crippen LogP contribution is -2.00. The summed E-state index contributed by atoms with van der Waals surface area (Å²) >= 11 is 3.34. The Morgan fingerprint density at radius 1 is 1.35 bits per heavy atom. The molecule has 1 aromatic carbocycles. The molecule has 0 saturated heterocycles. The standard InChI is InChI=1S/C12H9BrN2O2/c13-10-3-1-9(2-4-10)11(7-12(16)17)15-6-5-14-8-15/h1-8H,(H,16,17). The first-order valence-electron chi connectivity index (χ1n) is 4.86. The van der Waals surface area contributed by atoms with Crippen LogP contribution in [0.25, 0.3) is 5.70 Å². The molecule has 0 fully saturated rings. The molecule has 1 N–H and O–H groups in total. The highest BCUT2D eigenvalue weighted by Gasteiger charge is 2.06. The predicted molar refractivity (Wildman–Crippen MR) is 67.4 cm³/mol. The summed E-state index contributed by atoms with van der Waals surface area (Å²) in [6.07, 6.45) is 6.03. The molecule has 0 aliphatic carbocycles. The van der Waals surface area contributed by atoms with Crippen LogP contribution >= 0.6 is 15.9 Å². The Labute approximate surface area is 106 Å². The highest BCUT2D eigenvalue weighted by Crippen LogP contribution is 2.19. The Morgan fingerprint density at radius 2 is 2.06 bits per heavy atom. The molecule has 0 amide bonds. The number of hydrogen-bond acceptors (Lipinski definition) is 2. The van der Waals surface area contributed by atoms with Crippen molar-refractivity contribution in [3.8, 4) is 0 Å². The van der Waals surface area contributed by atoms with Crippen molar-refractivity contribution in [1.82, 2.24) is 9.55 Å². The quantitative estimate of drug-likeness (QED) is 0.885. The molecule has 1 aromatic heterocycles. The third kappa shape index (κ3) is 2.82. The zero-order chi connectivity index (χ0) is 12.3. The van der Waals surface area contributed by atoms with Crippen LogP contribution < -0.4 is 0 Å². The maximum Gasteiger partial charge on any atom is 0.330 e. The summed E-state index contributed by atoms with van der Waals surface area (Å²) in [7, 11) is 0. The second kappa shape index (κ2) is 4.97. The number of imidazole rings is 1. The van der Waals surface area contributed by atoms with E-state index < -0.39 is 5.97 Å². The van der Waals surface area contributed by atoms with E-state index in [2.05, 4.69) is 20.9 Å². The minimum Gasteiger partial charge on any atom is -0.478 e. The van der Waals surface area contributed by atoms with Crippen LogP contribution in [0.5, 0.6) is 0 Å². The number of rotatable bonds is 3. The SMILES string of the molecule is O=C(O)C=C(c1ccc(Br)cc1)n1ccnc1. The van der Waals surface area contributed by atoms with E-state index in [0.29, 0.717) is 5.70 Å². The number of aliphatic carboxylic acids is 1. The predicted octanol–water partition coefficient (Wildman–Crippen LogP) is 2.62. The van der Waals surface area contributed by atoms with E-state index in [1.807, 2.05) is 24.3 Å². The monoisotopic (exact) mass is 292 g/mol. The van der Waals surface area contributed by atoms with Crippen LogP contribution in [0.2, 0.25) is 0 Å². The molecule has 0 spiro atoms. The maximum absolute atomic E-state index is 10.8. The summed E-state index contributed by atoms with van der Waals surface area (Å²) in [5.41, 5.74) is 1.39. The molecule has 0 aliphatic heterocycles. The second-order valence-corrected chi connectivity index (χ2v) is 4.26. The minimum absolute atomic E-state index is 0.572. The highest BCUT2D eigenvalue weighted by atomic mass is 79.9. The molecule has 2 aromatic rings. The molecule has 0 bridgehead atoms. The van der Waals surface area contributed by atoms with Gasteiger partial charge in [0.25, 0.3) is 0 Å². The average Bonchev–Trinajstić information content (AvgIpc) is 2.80. The number of carbonyl (C=O) groups is 1. The van der Waals surface area contributed by atoms with E-state index in [9.17, 15) is 4.79 Å². The molecule has 0 atom stereocenters. The largest absolute Gasteiger partial charge is 0.478 e. The van der Waals surface area contributed by atoms with Gasteiger partial charge in [-0.05, 0) is 17.7 Å². The van der Waals surface area contributed by atoms with Gasteiger partial charge in [0, 0.05) is 22.9 Å². The molecule has 0 aliphatic rings. The lowest BCUT2D eigenvalue weighted by Gasteiger charge is -2.07. The summed E-state index contributed by atoms with van der Waals surface area (Å²) in [5, 5.41) is 8.88. The van der Waals surface area contributed by atoms with Gasteiger partial charge in [-0.1, -0.05) is 28.1 Å². The van der Waals surface area contributed by atoms with Gasteiger partial charge in [-0.25, -0.2) is 9.78 Å². The van der Waals surface area contributed by atoms with Crippen LogP contribution in [-0.4, -0.2) is 20.6 Å². The number of hydrogen-bond donors (Lipinski definition) is 1. The van der Waals surface area contributed by atoms with Crippen LogP contribution in [0.15, 0.2) is 53.5 Å². The van der Waals surface area contributed by atoms with Gasteiger partial charge in [-0.2, -0.15) is 0 Å². The van der Waals surface area contributed by atoms with Crippen molar-refractivity contribution >= 4 is 27.6 Å². The van der Waals surface area contributed by atoms with Gasteiger partial charge in [-0.3, -0.25) is 0 Å². The summed E-state index contributed by atoms with van der Waals surface area (Å²) in [6, 6.07) is 7.42. The molecule has 0 unspecified atom stereocenters. The lowest BCUT2D eigenvalue weighted by atomic mass is 10.1. The van der Waals surface area contributed by atoms with Crippen LogP contribution in [0.4, 0.5) is 0 Å². The van der Waals surface area contributed by atoms with Gasteiger partial charge in [-0.15, -0.1) is 0 Å². The molecule has 0 saturated carbocycles. The van der Waals surface area contributed by atoms with Gasteiger partial charge in [0.1, 0.15) is 0 Å². The van der Waals surface area contributed by atoms with Crippen molar-refractivity contribution in [3.05, 3.63) is 59.1 Å². The molecule has 1 heterocycles. The van der Waals surface area contributed by atoms with Gasteiger partial charge in [0.05, 0.1) is 12.0 Å². The minimum atomic E-state index is -0.989. The number of benzene rings is 1. The number of carboxylic acid groups (broad SMARTS) is 1. The molecular formula is C12H9BrN2O2. The smallest absolute Gasteiger partial charge is 0.330 e. The molecular weight excluding hydrogens is 284 g/mol. The maximum atomic E-state index is 10.8. The van der Waals surface area contributed by atoms with E-state index in [4.69, 9.17) is 5.11 Å². The molecule has 4 nitrogen and oxygen atoms in total. The van der Waals surface area contributed by atoms with Crippen molar-refractivity contribution in [1.29, 1.82) is 0 Å². The second-order valence-electron chi connectivity index (χ2n) is 3.34. The Hall–Kier alpha value is -1.88. The molecule has 2 rings (SSSR count). The van der Waals surface area contributed by atoms with Gasteiger partial charge in [0.2, 0.25) is 0 Å². The van der Waals surface area contributed by atoms with E-state index in [1.54, 1.807) is 23.3 Å². The first-order valence-corrected chi connectivity index (χ1v) is 5.65. The Balaban J connectivity index is 2.48. The van der Waals surface area contributed by atoms with Crippen molar-refractivity contribution in [2.45, 2.75) is 0 Å². The number of halogens is 1. The first kappa shape index (κ1) is 11.6. The number of aromatic nitrogens is 2. The Bertz CT molecular complexity index is 544. The summed E-state index contributed by atoms with van der Waals surface area (Å²) in [6.45, 7) is 0. The lowest BCUT2D eigenvalue weighted by molar-refractivity contribution is -0.131. The molecule has 0 radical (unpaired) electrons. The van der Waals surface area contributed by atoms with Crippen LogP contribution in [0.1, 0.15) is 5.56 Å². The van der Waals surface area contributed by atoms with Crippen molar-refractivity contribution in [2.24, 2.45) is 0 Å². The fraction of sp³-hybridized carbons (Fsp3) is 0. The molecule has 86 valence electrons. The number of carboxylic acids is 1. The van der Waals surface area contributed by atoms with Crippen molar-refractivity contribution in [3.63, 3.8) is 0 Å². The van der Waals surface area contributed by atoms with Gasteiger partial charge < -0.3 is 9.67 Å². The van der Waals surface area contributed by atoms with Crippen molar-refractivity contribution < 1.29 is 9.90 Å². The first-order chi connectivity index (χ1) is 8.16. The van der Waals surface area contributed by atoms with E-state index in [-0.39, 0.29) is 0 Å². The zero-order valence-electron chi connectivity index (χ0n) is 8.75. The van der Waals surface area contributed by atoms with Crippen LogP contribution in [0, 0.1) is 0 Å². The third-order valence-corrected chi connectivity index (χ3v) is 2.71. The fourth-order valence-corrected chi connectivity index (χ4v) is 1.71. The van der Waals surface area contributed by atoms with E-state index >= 15 is 0 Å². The summed E-state index contributed by atoms with van der Waals surface area (Å²) in [4.78, 5) is 14.7. The Kier molecular flexibility index (Phi) is 3.39. The molecule has 17 heavy (non-hydrogen) atoms. The van der Waals surface area contributed by atoms with Crippen LogP contribution in [-0.2, 0) is 4.79 Å². The van der Waals surface area contributed by atoms with E-state index in [0.717, 1.165) is 16.1 Å². The van der Waals surface area contributed by atoms with E-state index in [1.165, 1.54) is 0 Å². The fourth-order valence-electron chi connectivity index (χ4n) is 1.45. The van der Waals surface area contributed by atoms with Gasteiger partial charge >= 0.3 is 5.97 Å². The average molecular weight is 293 g/mol. The highest BCUT2D eigenvalue weighted by molar-refractivity contribution is 9.10. The van der Waals surface area contributed by atoms with Crippen LogP contribution in [0.3, 0.4) is 0 Å². The third-order valence-electron chi connectivity index (χ3n) is 2.18. The number of nitrogens with zero attached hydrogens (tertiary/aromatic N) is 2. The topological polar surface area (TPSA) is 55.1 Å². The Morgan fingerprint density at radius 3 is 2.59 bits per heavy atom.